The molecular weight excluding hydrogens is 358 g/mol. The number of amides is 1. The Kier molecular flexibility index (Phi) is 5.25. The number of piperidine rings is 1. The average Bonchev–Trinajstić information content (AvgIpc) is 3.25. The van der Waals surface area contributed by atoms with Gasteiger partial charge in [0, 0.05) is 35.2 Å². The predicted octanol–water partition coefficient (Wildman–Crippen LogP) is 3.84. The molecule has 1 aromatic carbocycles. The quantitative estimate of drug-likeness (QED) is 0.730. The van der Waals surface area contributed by atoms with Gasteiger partial charge in [0.1, 0.15) is 5.75 Å². The molecule has 27 heavy (non-hydrogen) atoms. The maximum Gasteiger partial charge on any atom is 0.225 e. The van der Waals surface area contributed by atoms with Crippen LogP contribution >= 0.6 is 11.3 Å². The number of nitrogens with zero attached hydrogens (tertiary/aromatic N) is 2. The highest BCUT2D eigenvalue weighted by Gasteiger charge is 2.26. The summed E-state index contributed by atoms with van der Waals surface area (Å²) >= 11 is 1.67. The van der Waals surface area contributed by atoms with Crippen molar-refractivity contribution in [1.82, 2.24) is 10.3 Å². The van der Waals surface area contributed by atoms with Crippen molar-refractivity contribution in [3.63, 3.8) is 0 Å². The molecule has 0 spiro atoms. The van der Waals surface area contributed by atoms with Crippen molar-refractivity contribution < 1.29 is 9.53 Å². The zero-order valence-electron chi connectivity index (χ0n) is 15.4. The van der Waals surface area contributed by atoms with Gasteiger partial charge in [-0.2, -0.15) is 0 Å². The molecule has 1 N–H and O–H groups in total. The number of anilines is 1. The molecule has 1 amide bonds. The average molecular weight is 382 g/mol. The molecule has 1 saturated heterocycles. The second-order valence-corrected chi connectivity index (χ2v) is 7.83. The summed E-state index contributed by atoms with van der Waals surface area (Å²) in [5, 5.41) is 6.20. The van der Waals surface area contributed by atoms with Crippen LogP contribution in [0.5, 0.6) is 5.75 Å². The first-order valence-electron chi connectivity index (χ1n) is 9.22. The van der Waals surface area contributed by atoms with Crippen molar-refractivity contribution in [1.29, 1.82) is 0 Å². The molecule has 0 bridgehead atoms. The number of nitrogens with one attached hydrogen (secondary N) is 1. The number of benzene rings is 1. The van der Waals surface area contributed by atoms with Crippen molar-refractivity contribution >= 4 is 33.8 Å². The second kappa shape index (κ2) is 7.96. The molecular formula is C21H23N3O2S. The van der Waals surface area contributed by atoms with E-state index in [1.807, 2.05) is 41.9 Å². The Morgan fingerprint density at radius 2 is 2.30 bits per heavy atom. The summed E-state index contributed by atoms with van der Waals surface area (Å²) in [6.07, 6.45) is 3.77. The van der Waals surface area contributed by atoms with E-state index in [1.54, 1.807) is 18.4 Å². The molecule has 0 aliphatic carbocycles. The third-order valence-corrected chi connectivity index (χ3v) is 5.95. The Labute approximate surface area is 163 Å². The summed E-state index contributed by atoms with van der Waals surface area (Å²) in [6.45, 7) is 2.29. The number of carbonyl (C=O) groups is 1. The van der Waals surface area contributed by atoms with Crippen molar-refractivity contribution in [2.75, 3.05) is 25.1 Å². The van der Waals surface area contributed by atoms with Crippen LogP contribution in [0.3, 0.4) is 0 Å². The van der Waals surface area contributed by atoms with Gasteiger partial charge in [0.25, 0.3) is 0 Å². The standard InChI is InChI=1S/C21H23N3O2S/c1-26-16-6-7-19-18(12-16)20(8-9-22-19)24-10-2-4-15(14-24)21(25)23-13-17-5-3-11-27-17/h3,5-9,11-12,15H,2,4,10,13-14H2,1H3,(H,23,25). The predicted molar refractivity (Wildman–Crippen MR) is 109 cm³/mol. The van der Waals surface area contributed by atoms with Crippen LogP contribution in [0, 0.1) is 5.92 Å². The number of ether oxygens (including phenoxy) is 1. The lowest BCUT2D eigenvalue weighted by Gasteiger charge is -2.34. The Morgan fingerprint density at radius 1 is 1.37 bits per heavy atom. The monoisotopic (exact) mass is 381 g/mol. The molecule has 140 valence electrons. The van der Waals surface area contributed by atoms with Crippen molar-refractivity contribution in [3.05, 3.63) is 52.9 Å². The molecule has 3 heterocycles. The lowest BCUT2D eigenvalue weighted by molar-refractivity contribution is -0.125. The van der Waals surface area contributed by atoms with Crippen molar-refractivity contribution in [2.24, 2.45) is 5.92 Å². The maximum absolute atomic E-state index is 12.7. The van der Waals surface area contributed by atoms with Gasteiger partial charge in [-0.1, -0.05) is 6.07 Å². The number of carbonyl (C=O) groups excluding carboxylic acids is 1. The zero-order valence-corrected chi connectivity index (χ0v) is 16.2. The summed E-state index contributed by atoms with van der Waals surface area (Å²) in [7, 11) is 1.67. The van der Waals surface area contributed by atoms with Gasteiger partial charge in [0.2, 0.25) is 5.91 Å². The van der Waals surface area contributed by atoms with E-state index in [-0.39, 0.29) is 11.8 Å². The highest BCUT2D eigenvalue weighted by atomic mass is 32.1. The molecule has 2 aromatic heterocycles. The van der Waals surface area contributed by atoms with Gasteiger partial charge in [-0.15, -0.1) is 11.3 Å². The molecule has 1 atom stereocenters. The number of hydrogen-bond acceptors (Lipinski definition) is 5. The van der Waals surface area contributed by atoms with Crippen LogP contribution in [-0.4, -0.2) is 31.1 Å². The normalized spacial score (nSPS) is 17.1. The Morgan fingerprint density at radius 3 is 3.11 bits per heavy atom. The van der Waals surface area contributed by atoms with E-state index >= 15 is 0 Å². The molecule has 4 rings (SSSR count). The maximum atomic E-state index is 12.7. The van der Waals surface area contributed by atoms with Gasteiger partial charge in [0.15, 0.2) is 0 Å². The third-order valence-electron chi connectivity index (χ3n) is 5.08. The number of fused-ring (bicyclic) bond motifs is 1. The molecule has 6 heteroatoms. The van der Waals surface area contributed by atoms with Crippen LogP contribution in [0.2, 0.25) is 0 Å². The largest absolute Gasteiger partial charge is 0.497 e. The Bertz CT molecular complexity index is 926. The fourth-order valence-corrected chi connectivity index (χ4v) is 4.30. The third kappa shape index (κ3) is 3.90. The first-order valence-corrected chi connectivity index (χ1v) is 10.1. The van der Waals surface area contributed by atoms with E-state index < -0.39 is 0 Å². The van der Waals surface area contributed by atoms with Crippen LogP contribution in [0.4, 0.5) is 5.69 Å². The van der Waals surface area contributed by atoms with Gasteiger partial charge in [0.05, 0.1) is 25.1 Å². The molecule has 1 fully saturated rings. The van der Waals surface area contributed by atoms with E-state index in [0.29, 0.717) is 6.54 Å². The lowest BCUT2D eigenvalue weighted by Crippen LogP contribution is -2.43. The fraction of sp³-hybridized carbons (Fsp3) is 0.333. The van der Waals surface area contributed by atoms with Crippen LogP contribution in [0.1, 0.15) is 17.7 Å². The number of aromatic nitrogens is 1. The topological polar surface area (TPSA) is 54.5 Å². The summed E-state index contributed by atoms with van der Waals surface area (Å²) in [5.74, 6) is 0.968. The van der Waals surface area contributed by atoms with E-state index in [0.717, 1.165) is 48.3 Å². The lowest BCUT2D eigenvalue weighted by atomic mass is 9.96. The van der Waals surface area contributed by atoms with Crippen LogP contribution in [0.25, 0.3) is 10.9 Å². The molecule has 1 aliphatic heterocycles. The number of methoxy groups -OCH3 is 1. The van der Waals surface area contributed by atoms with E-state index in [4.69, 9.17) is 4.74 Å². The number of pyridine rings is 1. The summed E-state index contributed by atoms with van der Waals surface area (Å²) in [5.41, 5.74) is 2.06. The Balaban J connectivity index is 1.51. The van der Waals surface area contributed by atoms with Gasteiger partial charge >= 0.3 is 0 Å². The smallest absolute Gasteiger partial charge is 0.225 e. The zero-order chi connectivity index (χ0) is 18.6. The Hall–Kier alpha value is -2.60. The van der Waals surface area contributed by atoms with E-state index in [2.05, 4.69) is 21.3 Å². The van der Waals surface area contributed by atoms with Crippen molar-refractivity contribution in [2.45, 2.75) is 19.4 Å². The minimum atomic E-state index is 0.00698. The summed E-state index contributed by atoms with van der Waals surface area (Å²) < 4.78 is 5.38. The minimum Gasteiger partial charge on any atom is -0.497 e. The number of hydrogen-bond donors (Lipinski definition) is 1. The van der Waals surface area contributed by atoms with Crippen LogP contribution < -0.4 is 15.0 Å². The fourth-order valence-electron chi connectivity index (χ4n) is 3.66. The van der Waals surface area contributed by atoms with Gasteiger partial charge < -0.3 is 15.0 Å². The number of rotatable bonds is 5. The minimum absolute atomic E-state index is 0.00698. The SMILES string of the molecule is COc1ccc2nccc(N3CCCC(C(=O)NCc4cccs4)C3)c2c1. The highest BCUT2D eigenvalue weighted by molar-refractivity contribution is 7.09. The number of thiophene rings is 1. The second-order valence-electron chi connectivity index (χ2n) is 6.80. The van der Waals surface area contributed by atoms with Crippen LogP contribution in [-0.2, 0) is 11.3 Å². The van der Waals surface area contributed by atoms with Gasteiger partial charge in [-0.05, 0) is 48.6 Å². The molecule has 0 radical (unpaired) electrons. The molecule has 1 unspecified atom stereocenters. The van der Waals surface area contributed by atoms with Gasteiger partial charge in [-0.3, -0.25) is 9.78 Å². The van der Waals surface area contributed by atoms with Crippen molar-refractivity contribution in [3.8, 4) is 5.75 Å². The van der Waals surface area contributed by atoms with E-state index in [1.165, 1.54) is 4.88 Å². The van der Waals surface area contributed by atoms with E-state index in [9.17, 15) is 4.79 Å². The first kappa shape index (κ1) is 17.8. The molecule has 0 saturated carbocycles. The summed E-state index contributed by atoms with van der Waals surface area (Å²) in [4.78, 5) is 20.6. The highest BCUT2D eigenvalue weighted by Crippen LogP contribution is 2.31. The van der Waals surface area contributed by atoms with Gasteiger partial charge in [-0.25, -0.2) is 0 Å². The summed E-state index contributed by atoms with van der Waals surface area (Å²) in [6, 6.07) is 12.0. The molecule has 5 nitrogen and oxygen atoms in total. The van der Waals surface area contributed by atoms with Crippen LogP contribution in [0.15, 0.2) is 48.0 Å². The molecule has 3 aromatic rings. The first-order chi connectivity index (χ1) is 13.2. The molecule has 1 aliphatic rings.